The Morgan fingerprint density at radius 3 is 1.03 bits per heavy atom. The van der Waals surface area contributed by atoms with Crippen LogP contribution in [0.25, 0.3) is 21.5 Å². The molecule has 8 heteroatoms. The Morgan fingerprint density at radius 2 is 0.712 bits per heavy atom. The third-order valence-electron chi connectivity index (χ3n) is 8.80. The van der Waals surface area contributed by atoms with Gasteiger partial charge < -0.3 is 11.5 Å². The van der Waals surface area contributed by atoms with Crippen LogP contribution in [-0.2, 0) is 15.1 Å². The molecule has 6 aromatic rings. The van der Waals surface area contributed by atoms with E-state index in [0.29, 0.717) is 0 Å². The molecule has 0 bridgehead atoms. The first kappa shape index (κ1) is 51.5. The molecule has 0 saturated carbocycles. The van der Waals surface area contributed by atoms with E-state index in [0.717, 1.165) is 53.1 Å². The minimum atomic E-state index is -1.85. The minimum absolute atomic E-state index is 0.163. The van der Waals surface area contributed by atoms with E-state index in [9.17, 15) is 0 Å². The predicted octanol–water partition coefficient (Wildman–Crippen LogP) is 9.98. The third kappa shape index (κ3) is 16.2. The number of halogens is 2. The monoisotopic (exact) mass is 1020 g/mol. The fourth-order valence-electron chi connectivity index (χ4n) is 5.94. The van der Waals surface area contributed by atoms with Gasteiger partial charge in [0.2, 0.25) is 0 Å². The van der Waals surface area contributed by atoms with Crippen LogP contribution in [0.3, 0.4) is 0 Å². The normalized spacial score (nSPS) is 9.67. The molecule has 0 radical (unpaired) electrons. The Bertz CT molecular complexity index is 3070. The van der Waals surface area contributed by atoms with Crippen molar-refractivity contribution in [2.24, 2.45) is 11.5 Å². The van der Waals surface area contributed by atoms with Crippen LogP contribution in [0.1, 0.15) is 23.2 Å². The summed E-state index contributed by atoms with van der Waals surface area (Å²) in [6.45, 7) is 0. The van der Waals surface area contributed by atoms with Gasteiger partial charge in [0.05, 0.1) is 9.79 Å². The second kappa shape index (κ2) is 30.1. The Kier molecular flexibility index (Phi) is 23.5. The fourth-order valence-corrected chi connectivity index (χ4v) is 10.7. The molecule has 6 rings (SSSR count). The summed E-state index contributed by atoms with van der Waals surface area (Å²) in [5.74, 6) is 41.8. The van der Waals surface area contributed by atoms with Crippen molar-refractivity contribution in [3.63, 3.8) is 0 Å². The number of hydrogen-bond acceptors (Lipinski definition) is 3. The molecule has 0 aliphatic heterocycles. The molecule has 0 saturated heterocycles. The van der Waals surface area contributed by atoms with Gasteiger partial charge in [-0.3, -0.25) is 0 Å². The van der Waals surface area contributed by atoms with Crippen LogP contribution >= 0.6 is 47.0 Å². The number of nitrogens with two attached hydrogens (primary N) is 2. The van der Waals surface area contributed by atoms with E-state index in [-0.39, 0.29) is 27.2 Å². The van der Waals surface area contributed by atoms with Gasteiger partial charge >= 0.3 is 34.5 Å². The van der Waals surface area contributed by atoms with Gasteiger partial charge in [-0.2, -0.15) is 0 Å². The molecular weight excluding hydrogens is 991 g/mol. The Labute approximate surface area is 412 Å². The molecule has 310 valence electrons. The SMILES string of the molecule is C#CC#CC#C[PH+](C#CC#CC#C)c1ccc2ccccc2c1Sc1c([PH+](C#CC#CC#C)C#CC#CC#C)ccc2ccccc12.NC(c1ccccc1)C(N)c1ccccc1.[Cl][Ru+2][Cl]. The second-order valence-corrected chi connectivity index (χ2v) is 19.9. The van der Waals surface area contributed by atoms with Gasteiger partial charge in [-0.1, -0.05) is 133 Å². The van der Waals surface area contributed by atoms with Crippen molar-refractivity contribution in [3.05, 3.63) is 145 Å². The molecular formula is C58H34Cl2N2P2RuS+4. The van der Waals surface area contributed by atoms with Gasteiger partial charge in [-0.25, -0.2) is 0 Å². The summed E-state index contributed by atoms with van der Waals surface area (Å²) in [7, 11) is 6.00. The van der Waals surface area contributed by atoms with E-state index in [1.807, 2.05) is 84.9 Å². The Balaban J connectivity index is 0.000000414. The zero-order valence-electron chi connectivity index (χ0n) is 34.8. The van der Waals surface area contributed by atoms with Gasteiger partial charge in [0, 0.05) is 59.4 Å². The molecule has 0 spiro atoms. The zero-order chi connectivity index (χ0) is 47.2. The third-order valence-corrected chi connectivity index (χ3v) is 13.9. The van der Waals surface area contributed by atoms with E-state index < -0.39 is 15.8 Å². The van der Waals surface area contributed by atoms with Gasteiger partial charge in [0.1, 0.15) is 33.3 Å². The first-order valence-corrected chi connectivity index (χ1v) is 27.5. The van der Waals surface area contributed by atoms with Crippen molar-refractivity contribution >= 4 is 79.1 Å². The van der Waals surface area contributed by atoms with Gasteiger partial charge in [0.25, 0.3) is 0 Å². The molecule has 2 unspecified atom stereocenters. The summed E-state index contributed by atoms with van der Waals surface area (Å²) >= 11 is 1.29. The van der Waals surface area contributed by atoms with Crippen LogP contribution < -0.4 is 22.1 Å². The fraction of sp³-hybridized carbons (Fsp3) is 0.0345. The first-order valence-electron chi connectivity index (χ1n) is 19.2. The van der Waals surface area contributed by atoms with Crippen LogP contribution in [0, 0.1) is 143 Å². The number of benzene rings is 6. The topological polar surface area (TPSA) is 52.0 Å². The van der Waals surface area contributed by atoms with Crippen molar-refractivity contribution in [1.29, 1.82) is 0 Å². The van der Waals surface area contributed by atoms with Crippen molar-refractivity contribution in [2.45, 2.75) is 21.9 Å². The van der Waals surface area contributed by atoms with Crippen LogP contribution in [-0.4, -0.2) is 0 Å². The summed E-state index contributed by atoms with van der Waals surface area (Å²) in [4.78, 5) is 2.02. The van der Waals surface area contributed by atoms with E-state index >= 15 is 0 Å². The molecule has 0 fully saturated rings. The number of rotatable bonds is 7. The maximum atomic E-state index is 6.15. The van der Waals surface area contributed by atoms with E-state index in [2.05, 4.69) is 166 Å². The van der Waals surface area contributed by atoms with E-state index in [4.69, 9.17) is 56.5 Å². The number of terminal acetylenes is 4. The summed E-state index contributed by atoms with van der Waals surface area (Å²) in [6, 6.07) is 44.3. The molecule has 2 nitrogen and oxygen atoms in total. The average Bonchev–Trinajstić information content (AvgIpc) is 3.36. The predicted molar refractivity (Wildman–Crippen MR) is 284 cm³/mol. The molecule has 0 aromatic heterocycles. The molecule has 2 atom stereocenters. The van der Waals surface area contributed by atoms with E-state index in [1.165, 1.54) is 0 Å². The van der Waals surface area contributed by atoms with Crippen LogP contribution in [0.5, 0.6) is 0 Å². The molecule has 0 heterocycles. The molecule has 0 aliphatic carbocycles. The van der Waals surface area contributed by atoms with Gasteiger partial charge in [-0.15, -0.1) is 25.7 Å². The standard InChI is InChI=1S/C44H16P2S.C14H16N2.2ClH.Ru/c1-5-9-13-21-33-45(34-22-14-10-6-2)41-31-29-37-25-17-19-27-39(37)43(41)47-44-40-28-20-18-26-38(40)30-32-42(44)46(35-23-15-11-7-3)36-24-16-12-8-4;15-13(11-7-3-1-4-8-11)14(16)12-9-5-2-6-10-12;;;/h1-4,17-20,25-32H;1-10,13-14H,15-16H2;2*1H;/q;;;;+4. The summed E-state index contributed by atoms with van der Waals surface area (Å²) in [6.07, 6.45) is 21.3. The van der Waals surface area contributed by atoms with Crippen LogP contribution in [0.2, 0.25) is 0 Å². The second-order valence-electron chi connectivity index (χ2n) is 12.7. The Morgan fingerprint density at radius 1 is 0.409 bits per heavy atom. The molecule has 6 aromatic carbocycles. The Hall–Kier alpha value is -7.11. The molecule has 4 N–H and O–H groups in total. The quantitative estimate of drug-likeness (QED) is 0.0952. The molecule has 0 aliphatic rings. The van der Waals surface area contributed by atoms with Crippen molar-refractivity contribution in [1.82, 2.24) is 0 Å². The van der Waals surface area contributed by atoms with Crippen molar-refractivity contribution < 1.29 is 15.1 Å². The van der Waals surface area contributed by atoms with Gasteiger partial charge in [0.15, 0.2) is 15.8 Å². The molecule has 0 amide bonds. The maximum absolute atomic E-state index is 6.15. The van der Waals surface area contributed by atoms with Crippen molar-refractivity contribution in [3.8, 4) is 143 Å². The summed E-state index contributed by atoms with van der Waals surface area (Å²) in [5, 5.41) is 6.20. The average molecular weight is 1020 g/mol. The van der Waals surface area contributed by atoms with Crippen LogP contribution in [0.4, 0.5) is 0 Å². The van der Waals surface area contributed by atoms with E-state index in [1.54, 1.807) is 11.8 Å². The molecule has 66 heavy (non-hydrogen) atoms. The number of fused-ring (bicyclic) bond motifs is 2. The van der Waals surface area contributed by atoms with Crippen molar-refractivity contribution in [2.75, 3.05) is 0 Å². The first-order chi connectivity index (χ1) is 32.4. The number of hydrogen-bond donors (Lipinski definition) is 2. The summed E-state index contributed by atoms with van der Waals surface area (Å²) < 4.78 is 0. The summed E-state index contributed by atoms with van der Waals surface area (Å²) in [5.41, 5.74) is 27.5. The van der Waals surface area contributed by atoms with Gasteiger partial charge in [-0.05, 0) is 92.2 Å². The van der Waals surface area contributed by atoms with Crippen LogP contribution in [0.15, 0.2) is 143 Å². The zero-order valence-corrected chi connectivity index (χ0v) is 40.9.